The highest BCUT2D eigenvalue weighted by Gasteiger charge is 2.31. The molecule has 0 unspecified atom stereocenters. The summed E-state index contributed by atoms with van der Waals surface area (Å²) >= 11 is 0. The van der Waals surface area contributed by atoms with E-state index >= 15 is 0 Å². The number of nitrogens with zero attached hydrogens (tertiary/aromatic N) is 2. The Morgan fingerprint density at radius 1 is 1.11 bits per heavy atom. The number of nitrogens with one attached hydrogen (secondary N) is 1. The number of fused-ring (bicyclic) bond motifs is 6. The maximum atomic E-state index is 11.5. The van der Waals surface area contributed by atoms with Crippen LogP contribution in [-0.4, -0.2) is 20.5 Å². The van der Waals surface area contributed by atoms with Crippen molar-refractivity contribution in [2.24, 2.45) is 0 Å². The van der Waals surface area contributed by atoms with Gasteiger partial charge in [-0.05, 0) is 32.8 Å². The minimum Gasteiger partial charge on any atom is -0.487 e. The molecule has 1 aromatic heterocycles. The van der Waals surface area contributed by atoms with Gasteiger partial charge in [-0.3, -0.25) is 10.1 Å². The normalized spacial score (nSPS) is 15.4. The highest BCUT2D eigenvalue weighted by atomic mass is 16.6. The lowest BCUT2D eigenvalue weighted by Crippen LogP contribution is -2.32. The molecule has 0 saturated carbocycles. The van der Waals surface area contributed by atoms with Gasteiger partial charge in [0.05, 0.1) is 21.5 Å². The first-order valence-corrected chi connectivity index (χ1v) is 9.31. The molecule has 0 fully saturated rings. The average molecular weight is 373 g/mol. The van der Waals surface area contributed by atoms with Gasteiger partial charge in [-0.25, -0.2) is 4.98 Å². The van der Waals surface area contributed by atoms with Crippen molar-refractivity contribution < 1.29 is 9.66 Å². The van der Waals surface area contributed by atoms with Crippen molar-refractivity contribution in [3.8, 4) is 17.1 Å². The van der Waals surface area contributed by atoms with Crippen LogP contribution in [0, 0.1) is 10.1 Å². The molecule has 0 aliphatic carbocycles. The number of H-pyrrole nitrogens is 1. The first kappa shape index (κ1) is 16.7. The average Bonchev–Trinajstić information content (AvgIpc) is 3.13. The Morgan fingerprint density at radius 2 is 1.82 bits per heavy atom. The van der Waals surface area contributed by atoms with Gasteiger partial charge in [-0.1, -0.05) is 36.4 Å². The van der Waals surface area contributed by atoms with Crippen LogP contribution < -0.4 is 4.74 Å². The quantitative estimate of drug-likeness (QED) is 0.377. The first-order valence-electron chi connectivity index (χ1n) is 9.31. The van der Waals surface area contributed by atoms with Crippen molar-refractivity contribution in [2.75, 3.05) is 0 Å². The molecule has 0 amide bonds. The molecule has 0 atom stereocenters. The Balaban J connectivity index is 1.84. The second kappa shape index (κ2) is 5.79. The number of hydrogen-bond donors (Lipinski definition) is 1. The van der Waals surface area contributed by atoms with Crippen molar-refractivity contribution in [3.63, 3.8) is 0 Å². The molecule has 5 rings (SSSR count). The van der Waals surface area contributed by atoms with E-state index in [4.69, 9.17) is 9.72 Å². The van der Waals surface area contributed by atoms with Crippen LogP contribution in [0.1, 0.15) is 25.8 Å². The fraction of sp³-hybridized carbons (Fsp3) is 0.227. The number of aryl methyl sites for hydroxylation is 1. The zero-order chi connectivity index (χ0) is 19.5. The summed E-state index contributed by atoms with van der Waals surface area (Å²) in [5, 5.41) is 13.5. The number of benzene rings is 3. The van der Waals surface area contributed by atoms with Crippen molar-refractivity contribution in [1.82, 2.24) is 9.97 Å². The Labute approximate surface area is 161 Å². The number of ether oxygens (including phenoxy) is 1. The zero-order valence-electron chi connectivity index (χ0n) is 15.7. The smallest absolute Gasteiger partial charge is 0.280 e. The molecule has 0 radical (unpaired) electrons. The summed E-state index contributed by atoms with van der Waals surface area (Å²) in [6.45, 7) is 4.19. The molecule has 28 heavy (non-hydrogen) atoms. The number of imidazole rings is 1. The summed E-state index contributed by atoms with van der Waals surface area (Å²) in [6, 6.07) is 14.7. The SMILES string of the molecule is CC1(C)CCc2c(c3ccccc3c3[nH]c(-c4ccccc4[N+](=O)[O-])nc23)O1. The van der Waals surface area contributed by atoms with Gasteiger partial charge in [0.25, 0.3) is 5.69 Å². The van der Waals surface area contributed by atoms with Crippen LogP contribution >= 0.6 is 0 Å². The number of para-hydroxylation sites is 1. The summed E-state index contributed by atoms with van der Waals surface area (Å²) < 4.78 is 6.36. The predicted molar refractivity (Wildman–Crippen MR) is 109 cm³/mol. The third-order valence-corrected chi connectivity index (χ3v) is 5.42. The van der Waals surface area contributed by atoms with Gasteiger partial charge < -0.3 is 9.72 Å². The second-order valence-corrected chi connectivity index (χ2v) is 7.80. The van der Waals surface area contributed by atoms with E-state index in [0.717, 1.165) is 46.0 Å². The highest BCUT2D eigenvalue weighted by Crippen LogP contribution is 2.44. The van der Waals surface area contributed by atoms with E-state index in [1.807, 2.05) is 18.2 Å². The molecule has 0 bridgehead atoms. The maximum absolute atomic E-state index is 11.5. The summed E-state index contributed by atoms with van der Waals surface area (Å²) in [4.78, 5) is 19.2. The molecule has 0 spiro atoms. The van der Waals surface area contributed by atoms with Crippen LogP contribution in [0.5, 0.6) is 5.75 Å². The Bertz CT molecular complexity index is 1260. The molecule has 4 aromatic rings. The zero-order valence-corrected chi connectivity index (χ0v) is 15.7. The minimum atomic E-state index is -0.373. The number of nitro benzene ring substituents is 1. The van der Waals surface area contributed by atoms with Crippen LogP contribution in [-0.2, 0) is 6.42 Å². The van der Waals surface area contributed by atoms with Crippen LogP contribution in [0.2, 0.25) is 0 Å². The molecule has 1 aliphatic rings. The summed E-state index contributed by atoms with van der Waals surface area (Å²) in [5.41, 5.74) is 3.08. The van der Waals surface area contributed by atoms with Crippen LogP contribution in [0.3, 0.4) is 0 Å². The number of aromatic amines is 1. The third-order valence-electron chi connectivity index (χ3n) is 5.42. The fourth-order valence-corrected chi connectivity index (χ4v) is 4.02. The number of hydrogen-bond acceptors (Lipinski definition) is 4. The van der Waals surface area contributed by atoms with E-state index in [9.17, 15) is 10.1 Å². The molecule has 140 valence electrons. The summed E-state index contributed by atoms with van der Waals surface area (Å²) in [6.07, 6.45) is 1.74. The number of nitro groups is 1. The monoisotopic (exact) mass is 373 g/mol. The standard InChI is InChI=1S/C22H19N3O3/c1-22(2)12-11-16-19-18(13-7-3-4-8-14(13)20(16)28-22)23-21(24-19)15-9-5-6-10-17(15)25(26)27/h3-10H,11-12H2,1-2H3,(H,23,24). The molecular formula is C22H19N3O3. The summed E-state index contributed by atoms with van der Waals surface area (Å²) in [5.74, 6) is 1.38. The Morgan fingerprint density at radius 3 is 2.61 bits per heavy atom. The van der Waals surface area contributed by atoms with Crippen molar-refractivity contribution >= 4 is 27.5 Å². The van der Waals surface area contributed by atoms with Crippen LogP contribution in [0.4, 0.5) is 5.69 Å². The number of aromatic nitrogens is 2. The lowest BCUT2D eigenvalue weighted by molar-refractivity contribution is -0.384. The highest BCUT2D eigenvalue weighted by molar-refractivity contribution is 6.10. The number of rotatable bonds is 2. The molecule has 0 saturated heterocycles. The molecule has 1 N–H and O–H groups in total. The van der Waals surface area contributed by atoms with Gasteiger partial charge in [0.2, 0.25) is 0 Å². The molecule has 6 nitrogen and oxygen atoms in total. The van der Waals surface area contributed by atoms with Gasteiger partial charge in [0, 0.05) is 22.4 Å². The third kappa shape index (κ3) is 2.45. The molecular weight excluding hydrogens is 354 g/mol. The lowest BCUT2D eigenvalue weighted by atomic mass is 9.91. The molecule has 6 heteroatoms. The second-order valence-electron chi connectivity index (χ2n) is 7.80. The molecule has 1 aliphatic heterocycles. The van der Waals surface area contributed by atoms with E-state index in [0.29, 0.717) is 11.4 Å². The van der Waals surface area contributed by atoms with E-state index in [-0.39, 0.29) is 16.2 Å². The van der Waals surface area contributed by atoms with Gasteiger partial charge >= 0.3 is 0 Å². The van der Waals surface area contributed by atoms with Gasteiger partial charge in [-0.15, -0.1) is 0 Å². The Hall–Kier alpha value is -3.41. The van der Waals surface area contributed by atoms with E-state index in [1.165, 1.54) is 6.07 Å². The largest absolute Gasteiger partial charge is 0.487 e. The topological polar surface area (TPSA) is 81.0 Å². The minimum absolute atomic E-state index is 0.0390. The Kier molecular flexibility index (Phi) is 3.46. The van der Waals surface area contributed by atoms with Crippen molar-refractivity contribution in [1.29, 1.82) is 0 Å². The predicted octanol–water partition coefficient (Wildman–Crippen LogP) is 5.39. The van der Waals surface area contributed by atoms with Gasteiger partial charge in [0.1, 0.15) is 17.2 Å². The van der Waals surface area contributed by atoms with Gasteiger partial charge in [0.15, 0.2) is 0 Å². The maximum Gasteiger partial charge on any atom is 0.280 e. The van der Waals surface area contributed by atoms with E-state index in [1.54, 1.807) is 18.2 Å². The summed E-state index contributed by atoms with van der Waals surface area (Å²) in [7, 11) is 0. The van der Waals surface area contributed by atoms with E-state index in [2.05, 4.69) is 24.9 Å². The van der Waals surface area contributed by atoms with E-state index < -0.39 is 0 Å². The van der Waals surface area contributed by atoms with Gasteiger partial charge in [-0.2, -0.15) is 0 Å². The molecule has 3 aromatic carbocycles. The van der Waals surface area contributed by atoms with Crippen LogP contribution in [0.15, 0.2) is 48.5 Å². The first-order chi connectivity index (χ1) is 13.4. The van der Waals surface area contributed by atoms with Crippen LogP contribution in [0.25, 0.3) is 33.2 Å². The van der Waals surface area contributed by atoms with Crippen molar-refractivity contribution in [2.45, 2.75) is 32.3 Å². The molecule has 2 heterocycles. The fourth-order valence-electron chi connectivity index (χ4n) is 4.02. The lowest BCUT2D eigenvalue weighted by Gasteiger charge is -2.33. The van der Waals surface area contributed by atoms with Crippen molar-refractivity contribution in [3.05, 3.63) is 64.2 Å².